The zero-order valence-corrected chi connectivity index (χ0v) is 13.6. The molecule has 5 nitrogen and oxygen atoms in total. The van der Waals surface area contributed by atoms with Crippen molar-refractivity contribution in [1.82, 2.24) is 9.13 Å². The fourth-order valence-electron chi connectivity index (χ4n) is 2.98. The lowest BCUT2D eigenvalue weighted by atomic mass is 10.0. The zero-order valence-electron chi connectivity index (χ0n) is 13.6. The van der Waals surface area contributed by atoms with E-state index in [1.807, 2.05) is 0 Å². The Morgan fingerprint density at radius 1 is 1.31 bits per heavy atom. The van der Waals surface area contributed by atoms with E-state index in [0.717, 1.165) is 13.1 Å². The molecule has 0 saturated heterocycles. The minimum absolute atomic E-state index is 0.0994. The van der Waals surface area contributed by atoms with E-state index in [9.17, 15) is 27.2 Å². The molecular weight excluding hydrogens is 356 g/mol. The highest BCUT2D eigenvalue weighted by Gasteiger charge is 2.36. The second kappa shape index (κ2) is 5.76. The molecule has 1 aliphatic rings. The summed E-state index contributed by atoms with van der Waals surface area (Å²) in [6.45, 7) is 1.68. The molecule has 1 aliphatic heterocycles. The van der Waals surface area contributed by atoms with Crippen LogP contribution in [0.25, 0.3) is 5.69 Å². The highest BCUT2D eigenvalue weighted by Crippen LogP contribution is 2.37. The lowest BCUT2D eigenvalue weighted by Crippen LogP contribution is -2.41. The van der Waals surface area contributed by atoms with Gasteiger partial charge in [-0.3, -0.25) is 9.36 Å². The monoisotopic (exact) mass is 368 g/mol. The molecule has 1 atom stereocenters. The van der Waals surface area contributed by atoms with Crippen molar-refractivity contribution in [3.8, 4) is 23.8 Å². The number of rotatable bonds is 1. The fourth-order valence-corrected chi connectivity index (χ4v) is 2.98. The number of fused-ring (bicyclic) bond motifs is 1. The van der Waals surface area contributed by atoms with Crippen LogP contribution in [0.4, 0.5) is 17.6 Å². The Labute approximate surface area is 144 Å². The first-order chi connectivity index (χ1) is 12.1. The number of hydrogen-bond acceptors (Lipinski definition) is 3. The largest absolute Gasteiger partial charge is 0.489 e. The minimum atomic E-state index is -4.91. The summed E-state index contributed by atoms with van der Waals surface area (Å²) in [5.74, 6) is 1.40. The lowest BCUT2D eigenvalue weighted by Gasteiger charge is -2.16. The molecule has 0 N–H and O–H groups in total. The van der Waals surface area contributed by atoms with E-state index >= 15 is 0 Å². The molecule has 9 heteroatoms. The van der Waals surface area contributed by atoms with Crippen molar-refractivity contribution < 1.29 is 22.3 Å². The van der Waals surface area contributed by atoms with Crippen LogP contribution in [0.3, 0.4) is 0 Å². The van der Waals surface area contributed by atoms with E-state index in [4.69, 9.17) is 11.2 Å². The maximum absolute atomic E-state index is 14.7. The number of benzene rings is 1. The summed E-state index contributed by atoms with van der Waals surface area (Å²) in [7, 11) is 0.855. The van der Waals surface area contributed by atoms with Crippen molar-refractivity contribution in [3.63, 3.8) is 0 Å². The van der Waals surface area contributed by atoms with E-state index < -0.39 is 40.7 Å². The first-order valence-electron chi connectivity index (χ1n) is 7.45. The Kier molecular flexibility index (Phi) is 3.94. The summed E-state index contributed by atoms with van der Waals surface area (Å²) < 4.78 is 59.7. The van der Waals surface area contributed by atoms with Crippen LogP contribution in [0.15, 0.2) is 21.7 Å². The standard InChI is InChI=1S/C17H12F4N2O3/c1-4-9-6-11(18)14(10-5-8(2)26-15(9)10)23-13(24)7-12(17(19,20)21)22(3)16(23)25/h1,6-8H,5H2,2-3H3. The molecule has 3 rings (SSSR count). The number of aromatic nitrogens is 2. The van der Waals surface area contributed by atoms with E-state index in [0.29, 0.717) is 4.57 Å². The second-order valence-electron chi connectivity index (χ2n) is 5.88. The van der Waals surface area contributed by atoms with E-state index in [-0.39, 0.29) is 33.9 Å². The summed E-state index contributed by atoms with van der Waals surface area (Å²) in [5, 5.41) is 0. The van der Waals surface area contributed by atoms with E-state index in [1.54, 1.807) is 6.92 Å². The number of ether oxygens (including phenoxy) is 1. The Morgan fingerprint density at radius 2 is 1.96 bits per heavy atom. The minimum Gasteiger partial charge on any atom is -0.489 e. The topological polar surface area (TPSA) is 53.2 Å². The Bertz CT molecular complexity index is 1070. The van der Waals surface area contributed by atoms with Gasteiger partial charge < -0.3 is 4.74 Å². The molecule has 1 aromatic heterocycles. The van der Waals surface area contributed by atoms with Crippen molar-refractivity contribution in [2.45, 2.75) is 25.6 Å². The van der Waals surface area contributed by atoms with Crippen molar-refractivity contribution >= 4 is 0 Å². The fraction of sp³-hybridized carbons (Fsp3) is 0.294. The Balaban J connectivity index is 2.40. The summed E-state index contributed by atoms with van der Waals surface area (Å²) in [6, 6.07) is 1.16. The third-order valence-electron chi connectivity index (χ3n) is 4.10. The summed E-state index contributed by atoms with van der Waals surface area (Å²) in [5.41, 5.74) is -4.21. The molecule has 0 spiro atoms. The van der Waals surface area contributed by atoms with Gasteiger partial charge in [0.25, 0.3) is 5.56 Å². The first kappa shape index (κ1) is 17.8. The van der Waals surface area contributed by atoms with Crippen LogP contribution in [0.1, 0.15) is 23.7 Å². The third kappa shape index (κ3) is 2.58. The molecular formula is C17H12F4N2O3. The number of nitrogens with zero attached hydrogens (tertiary/aromatic N) is 2. The maximum atomic E-state index is 14.7. The van der Waals surface area contributed by atoms with Gasteiger partial charge in [-0.25, -0.2) is 13.8 Å². The molecule has 136 valence electrons. The molecule has 2 aromatic rings. The quantitative estimate of drug-likeness (QED) is 0.572. The van der Waals surface area contributed by atoms with Gasteiger partial charge in [0.2, 0.25) is 0 Å². The molecule has 0 fully saturated rings. The molecule has 1 aromatic carbocycles. The molecule has 1 unspecified atom stereocenters. The summed E-state index contributed by atoms with van der Waals surface area (Å²) in [6.07, 6.45) is 0.166. The number of alkyl halides is 3. The van der Waals surface area contributed by atoms with Crippen molar-refractivity contribution in [1.29, 1.82) is 0 Å². The molecule has 26 heavy (non-hydrogen) atoms. The van der Waals surface area contributed by atoms with E-state index in [2.05, 4.69) is 5.92 Å². The van der Waals surface area contributed by atoms with Gasteiger partial charge in [0.05, 0.1) is 11.3 Å². The van der Waals surface area contributed by atoms with Gasteiger partial charge in [-0.1, -0.05) is 5.92 Å². The van der Waals surface area contributed by atoms with Crippen LogP contribution in [0.5, 0.6) is 5.75 Å². The predicted molar refractivity (Wildman–Crippen MR) is 84.0 cm³/mol. The molecule has 0 aliphatic carbocycles. The second-order valence-corrected chi connectivity index (χ2v) is 5.88. The molecule has 0 amide bonds. The van der Waals surface area contributed by atoms with Crippen LogP contribution in [-0.4, -0.2) is 15.2 Å². The van der Waals surface area contributed by atoms with Crippen LogP contribution < -0.4 is 16.0 Å². The van der Waals surface area contributed by atoms with E-state index in [1.165, 1.54) is 0 Å². The van der Waals surface area contributed by atoms with Gasteiger partial charge in [-0.15, -0.1) is 6.42 Å². The van der Waals surface area contributed by atoms with Gasteiger partial charge in [-0.2, -0.15) is 13.2 Å². The molecule has 0 saturated carbocycles. The Hall–Kier alpha value is -3.02. The van der Waals surface area contributed by atoms with Crippen molar-refractivity contribution in [2.75, 3.05) is 0 Å². The summed E-state index contributed by atoms with van der Waals surface area (Å²) in [4.78, 5) is 24.7. The summed E-state index contributed by atoms with van der Waals surface area (Å²) >= 11 is 0. The van der Waals surface area contributed by atoms with Crippen molar-refractivity contribution in [2.24, 2.45) is 7.05 Å². The average Bonchev–Trinajstić information content (AvgIpc) is 2.92. The normalized spacial score (nSPS) is 16.1. The van der Waals surface area contributed by atoms with Crippen LogP contribution >= 0.6 is 0 Å². The van der Waals surface area contributed by atoms with Crippen LogP contribution in [0, 0.1) is 18.2 Å². The number of hydrogen-bond donors (Lipinski definition) is 0. The number of halogens is 4. The van der Waals surface area contributed by atoms with Gasteiger partial charge in [-0.05, 0) is 13.0 Å². The van der Waals surface area contributed by atoms with Crippen molar-refractivity contribution in [3.05, 3.63) is 55.6 Å². The predicted octanol–water partition coefficient (Wildman–Crippen LogP) is 2.00. The van der Waals surface area contributed by atoms with Gasteiger partial charge in [0.1, 0.15) is 23.4 Å². The highest BCUT2D eigenvalue weighted by molar-refractivity contribution is 5.61. The lowest BCUT2D eigenvalue weighted by molar-refractivity contribution is -0.144. The van der Waals surface area contributed by atoms with Gasteiger partial charge in [0, 0.05) is 25.1 Å². The van der Waals surface area contributed by atoms with Gasteiger partial charge in [0.15, 0.2) is 0 Å². The smallest absolute Gasteiger partial charge is 0.431 e. The number of terminal acetylenes is 1. The Morgan fingerprint density at radius 3 is 2.54 bits per heavy atom. The third-order valence-corrected chi connectivity index (χ3v) is 4.10. The molecule has 0 radical (unpaired) electrons. The zero-order chi connectivity index (χ0) is 19.4. The van der Waals surface area contributed by atoms with Crippen LogP contribution in [0.2, 0.25) is 0 Å². The highest BCUT2D eigenvalue weighted by atomic mass is 19.4. The maximum Gasteiger partial charge on any atom is 0.431 e. The van der Waals surface area contributed by atoms with Gasteiger partial charge >= 0.3 is 11.9 Å². The first-order valence-corrected chi connectivity index (χ1v) is 7.45. The molecule has 0 bridgehead atoms. The van der Waals surface area contributed by atoms with Crippen LogP contribution in [-0.2, 0) is 19.6 Å². The average molecular weight is 368 g/mol. The molecule has 2 heterocycles. The SMILES string of the molecule is C#Cc1cc(F)c(-n2c(=O)cc(C(F)(F)F)n(C)c2=O)c2c1OC(C)C2.